The van der Waals surface area contributed by atoms with Crippen molar-refractivity contribution >= 4 is 29.5 Å². The standard InChI is InChI=1S/C18H15NO2S/c1-19-11-14(18(20)21-2)17-12-7-3-5-9-15(12)22-16-10-6-4-8-13(16)17/h3-11H,1-2H3/b19-11+. The summed E-state index contributed by atoms with van der Waals surface area (Å²) in [5, 5.41) is 0. The second-order valence-electron chi connectivity index (χ2n) is 4.76. The molecule has 0 aromatic heterocycles. The van der Waals surface area contributed by atoms with Gasteiger partial charge in [-0.25, -0.2) is 4.79 Å². The van der Waals surface area contributed by atoms with Gasteiger partial charge in [-0.3, -0.25) is 4.99 Å². The number of esters is 1. The van der Waals surface area contributed by atoms with Gasteiger partial charge in [-0.1, -0.05) is 48.2 Å². The number of hydrogen-bond acceptors (Lipinski definition) is 4. The van der Waals surface area contributed by atoms with Crippen molar-refractivity contribution in [2.45, 2.75) is 9.79 Å². The molecule has 4 heteroatoms. The zero-order valence-electron chi connectivity index (χ0n) is 12.4. The predicted molar refractivity (Wildman–Crippen MR) is 89.5 cm³/mol. The molecule has 0 atom stereocenters. The van der Waals surface area contributed by atoms with E-state index in [4.69, 9.17) is 4.74 Å². The Morgan fingerprint density at radius 3 is 2.09 bits per heavy atom. The summed E-state index contributed by atoms with van der Waals surface area (Å²) >= 11 is 1.71. The van der Waals surface area contributed by atoms with Gasteiger partial charge < -0.3 is 4.74 Å². The molecule has 2 aromatic carbocycles. The third-order valence-corrected chi connectivity index (χ3v) is 4.62. The van der Waals surface area contributed by atoms with E-state index in [1.807, 2.05) is 36.4 Å². The van der Waals surface area contributed by atoms with Crippen LogP contribution in [0.3, 0.4) is 0 Å². The maximum atomic E-state index is 12.2. The minimum Gasteiger partial charge on any atom is -0.465 e. The van der Waals surface area contributed by atoms with Gasteiger partial charge in [-0.05, 0) is 23.3 Å². The van der Waals surface area contributed by atoms with Crippen LogP contribution in [0.5, 0.6) is 0 Å². The molecule has 0 radical (unpaired) electrons. The first-order chi connectivity index (χ1) is 10.8. The van der Waals surface area contributed by atoms with Gasteiger partial charge in [0.1, 0.15) is 0 Å². The second-order valence-corrected chi connectivity index (χ2v) is 5.85. The summed E-state index contributed by atoms with van der Waals surface area (Å²) in [5.41, 5.74) is 3.42. The quantitative estimate of drug-likeness (QED) is 0.410. The molecular formula is C18H15NO2S. The number of methoxy groups -OCH3 is 1. The minimum absolute atomic E-state index is 0.378. The molecule has 3 rings (SSSR count). The Morgan fingerprint density at radius 2 is 1.59 bits per heavy atom. The maximum Gasteiger partial charge on any atom is 0.340 e. The van der Waals surface area contributed by atoms with E-state index in [2.05, 4.69) is 17.1 Å². The van der Waals surface area contributed by atoms with Gasteiger partial charge in [-0.2, -0.15) is 0 Å². The Balaban J connectivity index is 2.36. The molecule has 1 aliphatic heterocycles. The molecule has 0 fully saturated rings. The minimum atomic E-state index is -0.378. The second kappa shape index (κ2) is 6.20. The average Bonchev–Trinajstić information content (AvgIpc) is 2.57. The normalized spacial score (nSPS) is 12.7. The van der Waals surface area contributed by atoms with Gasteiger partial charge in [0, 0.05) is 28.6 Å². The van der Waals surface area contributed by atoms with Gasteiger partial charge in [0.15, 0.2) is 0 Å². The number of hydrogen-bond donors (Lipinski definition) is 0. The van der Waals surface area contributed by atoms with E-state index >= 15 is 0 Å². The lowest BCUT2D eigenvalue weighted by Crippen LogP contribution is -2.12. The largest absolute Gasteiger partial charge is 0.465 e. The summed E-state index contributed by atoms with van der Waals surface area (Å²) in [6.07, 6.45) is 1.57. The van der Waals surface area contributed by atoms with Crippen LogP contribution in [-0.2, 0) is 9.53 Å². The number of aliphatic imine (C=N–C) groups is 1. The van der Waals surface area contributed by atoms with Crippen LogP contribution in [0.4, 0.5) is 0 Å². The van der Waals surface area contributed by atoms with Gasteiger partial charge in [0.25, 0.3) is 0 Å². The van der Waals surface area contributed by atoms with Crippen molar-refractivity contribution < 1.29 is 9.53 Å². The van der Waals surface area contributed by atoms with Crippen LogP contribution in [0.1, 0.15) is 11.1 Å². The molecule has 0 bridgehead atoms. The Morgan fingerprint density at radius 1 is 1.05 bits per heavy atom. The van der Waals surface area contributed by atoms with Crippen LogP contribution >= 0.6 is 11.8 Å². The third kappa shape index (κ3) is 2.46. The summed E-state index contributed by atoms with van der Waals surface area (Å²) in [5.74, 6) is -0.378. The van der Waals surface area contributed by atoms with Crippen LogP contribution < -0.4 is 0 Å². The summed E-state index contributed by atoms with van der Waals surface area (Å²) in [6.45, 7) is 0. The Hall–Kier alpha value is -2.33. The van der Waals surface area contributed by atoms with Crippen molar-refractivity contribution in [3.8, 4) is 0 Å². The number of rotatable bonds is 2. The van der Waals surface area contributed by atoms with Crippen molar-refractivity contribution in [2.75, 3.05) is 14.2 Å². The maximum absolute atomic E-state index is 12.2. The highest BCUT2D eigenvalue weighted by Crippen LogP contribution is 2.46. The molecule has 3 nitrogen and oxygen atoms in total. The van der Waals surface area contributed by atoms with Crippen molar-refractivity contribution in [3.63, 3.8) is 0 Å². The molecule has 0 aliphatic carbocycles. The highest BCUT2D eigenvalue weighted by molar-refractivity contribution is 7.99. The summed E-state index contributed by atoms with van der Waals surface area (Å²) in [7, 11) is 3.04. The Kier molecular flexibility index (Phi) is 4.11. The monoisotopic (exact) mass is 309 g/mol. The topological polar surface area (TPSA) is 38.7 Å². The lowest BCUT2D eigenvalue weighted by molar-refractivity contribution is -0.135. The fourth-order valence-corrected chi connectivity index (χ4v) is 3.63. The highest BCUT2D eigenvalue weighted by atomic mass is 32.2. The van der Waals surface area contributed by atoms with Crippen molar-refractivity contribution in [1.82, 2.24) is 0 Å². The fraction of sp³-hybridized carbons (Fsp3) is 0.111. The smallest absolute Gasteiger partial charge is 0.340 e. The van der Waals surface area contributed by atoms with E-state index < -0.39 is 0 Å². The van der Waals surface area contributed by atoms with Gasteiger partial charge in [0.05, 0.1) is 12.7 Å². The van der Waals surface area contributed by atoms with Crippen LogP contribution in [0, 0.1) is 0 Å². The predicted octanol–water partition coefficient (Wildman–Crippen LogP) is 3.83. The van der Waals surface area contributed by atoms with E-state index in [9.17, 15) is 4.79 Å². The van der Waals surface area contributed by atoms with Gasteiger partial charge >= 0.3 is 5.97 Å². The Bertz CT molecular complexity index is 746. The van der Waals surface area contributed by atoms with Gasteiger partial charge in [-0.15, -0.1) is 0 Å². The first-order valence-corrected chi connectivity index (χ1v) is 7.69. The van der Waals surface area contributed by atoms with Crippen LogP contribution in [0.15, 0.2) is 68.9 Å². The summed E-state index contributed by atoms with van der Waals surface area (Å²) in [4.78, 5) is 18.5. The number of fused-ring (bicyclic) bond motifs is 2. The zero-order chi connectivity index (χ0) is 15.5. The van der Waals surface area contributed by atoms with Crippen molar-refractivity contribution in [3.05, 3.63) is 65.2 Å². The zero-order valence-corrected chi connectivity index (χ0v) is 13.2. The first-order valence-electron chi connectivity index (χ1n) is 6.87. The van der Waals surface area contributed by atoms with Gasteiger partial charge in [0.2, 0.25) is 0 Å². The van der Waals surface area contributed by atoms with E-state index in [1.165, 1.54) is 7.11 Å². The molecule has 22 heavy (non-hydrogen) atoms. The summed E-state index contributed by atoms with van der Waals surface area (Å²) < 4.78 is 4.95. The molecule has 0 saturated heterocycles. The average molecular weight is 309 g/mol. The lowest BCUT2D eigenvalue weighted by atomic mass is 9.92. The fourth-order valence-electron chi connectivity index (χ4n) is 2.54. The van der Waals surface area contributed by atoms with Crippen molar-refractivity contribution in [1.29, 1.82) is 0 Å². The molecule has 1 heterocycles. The van der Waals surface area contributed by atoms with Crippen molar-refractivity contribution in [2.24, 2.45) is 4.99 Å². The van der Waals surface area contributed by atoms with E-state index in [-0.39, 0.29) is 5.97 Å². The van der Waals surface area contributed by atoms with Crippen LogP contribution in [0.25, 0.3) is 5.57 Å². The molecule has 0 amide bonds. The Labute approximate surface area is 133 Å². The molecule has 110 valence electrons. The molecular weight excluding hydrogens is 294 g/mol. The van der Waals surface area contributed by atoms with E-state index in [0.29, 0.717) is 5.57 Å². The molecule has 0 unspecified atom stereocenters. The number of benzene rings is 2. The number of nitrogens with zero attached hydrogens (tertiary/aromatic N) is 1. The van der Waals surface area contributed by atoms with Crippen LogP contribution in [-0.4, -0.2) is 26.3 Å². The lowest BCUT2D eigenvalue weighted by Gasteiger charge is -2.23. The SMILES string of the molecule is C/N=C/C(C(=O)OC)=C1c2ccccc2Sc2ccccc21. The molecule has 0 spiro atoms. The third-order valence-electron chi connectivity index (χ3n) is 3.47. The summed E-state index contributed by atoms with van der Waals surface area (Å²) in [6, 6.07) is 16.1. The first kappa shape index (κ1) is 14.6. The molecule has 2 aromatic rings. The molecule has 0 saturated carbocycles. The molecule has 1 aliphatic rings. The number of ether oxygens (including phenoxy) is 1. The van der Waals surface area contributed by atoms with Crippen LogP contribution in [0.2, 0.25) is 0 Å². The number of carbonyl (C=O) groups is 1. The highest BCUT2D eigenvalue weighted by Gasteiger charge is 2.25. The van der Waals surface area contributed by atoms with E-state index in [0.717, 1.165) is 26.5 Å². The number of carbonyl (C=O) groups excluding carboxylic acids is 1. The van der Waals surface area contributed by atoms with E-state index in [1.54, 1.807) is 25.0 Å². The molecule has 0 N–H and O–H groups in total.